The molecule has 0 saturated heterocycles. The Morgan fingerprint density at radius 1 is 1.26 bits per heavy atom. The van der Waals surface area contributed by atoms with Gasteiger partial charge in [0.2, 0.25) is 0 Å². The van der Waals surface area contributed by atoms with E-state index in [0.29, 0.717) is 10.9 Å². The average Bonchev–Trinajstić information content (AvgIpc) is 2.76. The number of aromatic nitrogens is 3. The first kappa shape index (κ1) is 12.9. The monoisotopic (exact) mass is 355 g/mol. The molecule has 3 rings (SSSR count). The van der Waals surface area contributed by atoms with Gasteiger partial charge in [-0.2, -0.15) is 0 Å². The van der Waals surface area contributed by atoms with Crippen LogP contribution in [0.4, 0.5) is 0 Å². The van der Waals surface area contributed by atoms with Crippen molar-refractivity contribution in [2.45, 2.75) is 5.88 Å². The molecule has 96 valence electrons. The number of alkyl halides is 1. The number of hydrogen-bond acceptors (Lipinski definition) is 2. The second-order valence-corrected chi connectivity index (χ2v) is 5.59. The van der Waals surface area contributed by atoms with Gasteiger partial charge in [0.1, 0.15) is 11.3 Å². The van der Waals surface area contributed by atoms with E-state index in [2.05, 4.69) is 25.9 Å². The zero-order valence-electron chi connectivity index (χ0n) is 9.65. The zero-order chi connectivity index (χ0) is 13.4. The molecule has 0 fully saturated rings. The number of halogens is 3. The van der Waals surface area contributed by atoms with Crippen LogP contribution < -0.4 is 0 Å². The van der Waals surface area contributed by atoms with Crippen LogP contribution in [0.5, 0.6) is 0 Å². The zero-order valence-corrected chi connectivity index (χ0v) is 12.7. The number of hydrogen-bond donors (Lipinski definition) is 0. The molecule has 3 nitrogen and oxygen atoms in total. The van der Waals surface area contributed by atoms with Crippen LogP contribution in [-0.4, -0.2) is 14.5 Å². The minimum absolute atomic E-state index is 0.306. The Kier molecular flexibility index (Phi) is 3.48. The summed E-state index contributed by atoms with van der Waals surface area (Å²) < 4.78 is 2.92. The van der Waals surface area contributed by atoms with Gasteiger partial charge in [-0.25, -0.2) is 9.97 Å². The van der Waals surface area contributed by atoms with E-state index in [1.165, 1.54) is 0 Å². The quantitative estimate of drug-likeness (QED) is 0.629. The third-order valence-corrected chi connectivity index (χ3v) is 3.66. The summed E-state index contributed by atoms with van der Waals surface area (Å²) in [5.74, 6) is 1.05. The molecule has 3 aromatic rings. The first-order valence-corrected chi connectivity index (χ1v) is 7.24. The van der Waals surface area contributed by atoms with Crippen molar-refractivity contribution in [3.63, 3.8) is 0 Å². The van der Waals surface area contributed by atoms with Gasteiger partial charge in [-0.1, -0.05) is 33.6 Å². The molecule has 2 heterocycles. The largest absolute Gasteiger partial charge is 0.280 e. The number of nitrogens with zero attached hydrogens (tertiary/aromatic N) is 3. The smallest absolute Gasteiger partial charge is 0.164 e. The highest BCUT2D eigenvalue weighted by molar-refractivity contribution is 9.10. The molecule has 0 radical (unpaired) electrons. The minimum atomic E-state index is 0.306. The second kappa shape index (κ2) is 5.12. The van der Waals surface area contributed by atoms with E-state index in [4.69, 9.17) is 23.2 Å². The van der Waals surface area contributed by atoms with Crippen molar-refractivity contribution < 1.29 is 0 Å². The Bertz CT molecular complexity index is 755. The Labute approximate surface area is 128 Å². The molecule has 0 amide bonds. The third kappa shape index (κ3) is 2.36. The van der Waals surface area contributed by atoms with Crippen LogP contribution in [0.15, 0.2) is 41.0 Å². The van der Waals surface area contributed by atoms with Crippen molar-refractivity contribution in [1.29, 1.82) is 0 Å². The lowest BCUT2D eigenvalue weighted by Gasteiger charge is -2.07. The van der Waals surface area contributed by atoms with Gasteiger partial charge in [-0.3, -0.25) is 4.57 Å². The SMILES string of the molecule is ClCc1nc2cc(Cl)cnc2n1-c1cccc(Br)c1. The van der Waals surface area contributed by atoms with Gasteiger partial charge in [-0.15, -0.1) is 11.6 Å². The summed E-state index contributed by atoms with van der Waals surface area (Å²) in [5.41, 5.74) is 2.45. The summed E-state index contributed by atoms with van der Waals surface area (Å²) in [6, 6.07) is 9.69. The maximum absolute atomic E-state index is 5.98. The standard InChI is InChI=1S/C13H8BrCl2N3/c14-8-2-1-3-10(4-8)19-12(6-15)18-11-5-9(16)7-17-13(11)19/h1-5,7H,6H2. The van der Waals surface area contributed by atoms with E-state index in [9.17, 15) is 0 Å². The van der Waals surface area contributed by atoms with Gasteiger partial charge < -0.3 is 0 Å². The topological polar surface area (TPSA) is 30.7 Å². The van der Waals surface area contributed by atoms with Crippen molar-refractivity contribution in [2.24, 2.45) is 0 Å². The van der Waals surface area contributed by atoms with Crippen LogP contribution in [0.1, 0.15) is 5.82 Å². The molecule has 0 bridgehead atoms. The van der Waals surface area contributed by atoms with Crippen LogP contribution in [0, 0.1) is 0 Å². The first-order chi connectivity index (χ1) is 9.19. The summed E-state index contributed by atoms with van der Waals surface area (Å²) in [7, 11) is 0. The molecule has 6 heteroatoms. The fourth-order valence-corrected chi connectivity index (χ4v) is 2.68. The highest BCUT2D eigenvalue weighted by Crippen LogP contribution is 2.24. The minimum Gasteiger partial charge on any atom is -0.280 e. The molecular weight excluding hydrogens is 349 g/mol. The predicted octanol–water partition coefficient (Wildman–Crippen LogP) is 4.58. The molecule has 0 saturated carbocycles. The highest BCUT2D eigenvalue weighted by atomic mass is 79.9. The number of fused-ring (bicyclic) bond motifs is 1. The molecule has 1 aromatic carbocycles. The van der Waals surface area contributed by atoms with Crippen molar-refractivity contribution in [1.82, 2.24) is 14.5 Å². The van der Waals surface area contributed by atoms with Crippen molar-refractivity contribution >= 4 is 50.3 Å². The Morgan fingerprint density at radius 2 is 2.11 bits per heavy atom. The van der Waals surface area contributed by atoms with Crippen molar-refractivity contribution in [3.8, 4) is 5.69 Å². The molecule has 0 aliphatic rings. The lowest BCUT2D eigenvalue weighted by Crippen LogP contribution is -2.00. The van der Waals surface area contributed by atoms with Crippen LogP contribution in [0.3, 0.4) is 0 Å². The number of imidazole rings is 1. The van der Waals surface area contributed by atoms with Crippen LogP contribution in [0.25, 0.3) is 16.9 Å². The van der Waals surface area contributed by atoms with E-state index in [1.807, 2.05) is 28.8 Å². The van der Waals surface area contributed by atoms with Crippen LogP contribution in [0.2, 0.25) is 5.02 Å². The van der Waals surface area contributed by atoms with Gasteiger partial charge in [-0.05, 0) is 24.3 Å². The van der Waals surface area contributed by atoms with Gasteiger partial charge in [0.15, 0.2) is 5.65 Å². The molecule has 0 unspecified atom stereocenters. The average molecular weight is 357 g/mol. The molecule has 0 atom stereocenters. The van der Waals surface area contributed by atoms with Gasteiger partial charge >= 0.3 is 0 Å². The summed E-state index contributed by atoms with van der Waals surface area (Å²) in [5, 5.41) is 0.563. The van der Waals surface area contributed by atoms with Gasteiger partial charge in [0.05, 0.1) is 10.9 Å². The van der Waals surface area contributed by atoms with E-state index in [-0.39, 0.29) is 0 Å². The van der Waals surface area contributed by atoms with E-state index in [0.717, 1.165) is 27.1 Å². The summed E-state index contributed by atoms with van der Waals surface area (Å²) >= 11 is 15.4. The van der Waals surface area contributed by atoms with E-state index in [1.54, 1.807) is 12.3 Å². The second-order valence-electron chi connectivity index (χ2n) is 3.97. The fraction of sp³-hybridized carbons (Fsp3) is 0.0769. The van der Waals surface area contributed by atoms with Crippen molar-refractivity contribution in [3.05, 3.63) is 51.8 Å². The molecular formula is C13H8BrCl2N3. The summed E-state index contributed by atoms with van der Waals surface area (Å²) in [4.78, 5) is 8.82. The fourth-order valence-electron chi connectivity index (χ4n) is 1.96. The Hall–Kier alpha value is -1.10. The van der Waals surface area contributed by atoms with Crippen LogP contribution in [-0.2, 0) is 5.88 Å². The lowest BCUT2D eigenvalue weighted by atomic mass is 10.3. The molecule has 2 aromatic heterocycles. The molecule has 0 spiro atoms. The molecule has 0 aliphatic carbocycles. The number of pyridine rings is 1. The maximum atomic E-state index is 5.98. The third-order valence-electron chi connectivity index (χ3n) is 2.72. The normalized spacial score (nSPS) is 11.1. The Morgan fingerprint density at radius 3 is 2.84 bits per heavy atom. The van der Waals surface area contributed by atoms with E-state index < -0.39 is 0 Å². The van der Waals surface area contributed by atoms with Gasteiger partial charge in [0, 0.05) is 16.4 Å². The lowest BCUT2D eigenvalue weighted by molar-refractivity contribution is 0.969. The Balaban J connectivity index is 2.32. The number of benzene rings is 1. The highest BCUT2D eigenvalue weighted by Gasteiger charge is 2.13. The van der Waals surface area contributed by atoms with Crippen LogP contribution >= 0.6 is 39.1 Å². The summed E-state index contributed by atoms with van der Waals surface area (Å²) in [6.45, 7) is 0. The molecule has 0 N–H and O–H groups in total. The van der Waals surface area contributed by atoms with Gasteiger partial charge in [0.25, 0.3) is 0 Å². The maximum Gasteiger partial charge on any atom is 0.164 e. The van der Waals surface area contributed by atoms with Crippen molar-refractivity contribution in [2.75, 3.05) is 0 Å². The number of rotatable bonds is 2. The summed E-state index contributed by atoms with van der Waals surface area (Å²) in [6.07, 6.45) is 1.61. The predicted molar refractivity (Wildman–Crippen MR) is 81.1 cm³/mol. The van der Waals surface area contributed by atoms with E-state index >= 15 is 0 Å². The molecule has 0 aliphatic heterocycles. The molecule has 19 heavy (non-hydrogen) atoms. The first-order valence-electron chi connectivity index (χ1n) is 5.54.